The number of hydrogen-bond donors (Lipinski definition) is 2. The van der Waals surface area contributed by atoms with E-state index in [0.717, 1.165) is 0 Å². The van der Waals surface area contributed by atoms with Gasteiger partial charge in [0.15, 0.2) is 13.2 Å². The third kappa shape index (κ3) is 6.98. The fourth-order valence-corrected chi connectivity index (χ4v) is 2.25. The van der Waals surface area contributed by atoms with Crippen LogP contribution in [0.25, 0.3) is 0 Å². The summed E-state index contributed by atoms with van der Waals surface area (Å²) in [6.07, 6.45) is 0.692. The molecule has 0 aromatic heterocycles. The number of carbonyl (C=O) groups excluding carboxylic acids is 4. The lowest BCUT2D eigenvalue weighted by Crippen LogP contribution is -2.24. The van der Waals surface area contributed by atoms with E-state index in [-0.39, 0.29) is 5.91 Å². The number of anilines is 2. The van der Waals surface area contributed by atoms with E-state index in [4.69, 9.17) is 14.2 Å². The highest BCUT2D eigenvalue weighted by atomic mass is 16.6. The summed E-state index contributed by atoms with van der Waals surface area (Å²) >= 11 is 0. The Morgan fingerprint density at radius 1 is 1.00 bits per heavy atom. The van der Waals surface area contributed by atoms with Crippen molar-refractivity contribution in [3.05, 3.63) is 48.0 Å². The predicted molar refractivity (Wildman–Crippen MR) is 104 cm³/mol. The molecule has 9 heteroatoms. The topological polar surface area (TPSA) is 120 Å². The van der Waals surface area contributed by atoms with Crippen LogP contribution in [0.2, 0.25) is 0 Å². The van der Waals surface area contributed by atoms with E-state index in [9.17, 15) is 19.2 Å². The summed E-state index contributed by atoms with van der Waals surface area (Å²) in [6.45, 7) is 0.440. The highest BCUT2D eigenvalue weighted by molar-refractivity contribution is 5.96. The van der Waals surface area contributed by atoms with Gasteiger partial charge in [-0.2, -0.15) is 0 Å². The van der Waals surface area contributed by atoms with Gasteiger partial charge in [0.2, 0.25) is 5.91 Å². The van der Waals surface area contributed by atoms with Crippen LogP contribution in [0, 0.1) is 0 Å². The Morgan fingerprint density at radius 2 is 1.72 bits per heavy atom. The smallest absolute Gasteiger partial charge is 0.344 e. The molecule has 0 fully saturated rings. The van der Waals surface area contributed by atoms with E-state index in [0.29, 0.717) is 34.7 Å². The van der Waals surface area contributed by atoms with Gasteiger partial charge in [0.1, 0.15) is 17.8 Å². The largest absolute Gasteiger partial charge is 0.495 e. The molecule has 0 aliphatic rings. The van der Waals surface area contributed by atoms with Crippen molar-refractivity contribution in [3.63, 3.8) is 0 Å². The van der Waals surface area contributed by atoms with E-state index < -0.39 is 25.1 Å². The first-order valence-corrected chi connectivity index (χ1v) is 8.50. The third-order valence-corrected chi connectivity index (χ3v) is 3.53. The maximum atomic E-state index is 12.1. The van der Waals surface area contributed by atoms with Crippen molar-refractivity contribution in [2.45, 2.75) is 6.92 Å². The number of esters is 1. The van der Waals surface area contributed by atoms with Gasteiger partial charge < -0.3 is 24.8 Å². The summed E-state index contributed by atoms with van der Waals surface area (Å²) in [7, 11) is 1.43. The monoisotopic (exact) mass is 400 g/mol. The number of ether oxygens (including phenoxy) is 3. The molecule has 2 rings (SSSR count). The molecule has 0 saturated carbocycles. The summed E-state index contributed by atoms with van der Waals surface area (Å²) < 4.78 is 15.3. The van der Waals surface area contributed by atoms with E-state index >= 15 is 0 Å². The fourth-order valence-electron chi connectivity index (χ4n) is 2.25. The van der Waals surface area contributed by atoms with Crippen molar-refractivity contribution in [2.24, 2.45) is 0 Å². The first kappa shape index (κ1) is 21.4. The molecule has 2 aromatic rings. The summed E-state index contributed by atoms with van der Waals surface area (Å²) in [5.74, 6) is -0.829. The minimum atomic E-state index is -0.737. The van der Waals surface area contributed by atoms with Crippen molar-refractivity contribution in [1.82, 2.24) is 0 Å². The lowest BCUT2D eigenvalue weighted by molar-refractivity contribution is -0.149. The molecule has 0 radical (unpaired) electrons. The zero-order chi connectivity index (χ0) is 21.2. The van der Waals surface area contributed by atoms with E-state index in [1.165, 1.54) is 32.2 Å². The second kappa shape index (κ2) is 10.5. The van der Waals surface area contributed by atoms with Crippen LogP contribution in [0.4, 0.5) is 11.4 Å². The molecule has 29 heavy (non-hydrogen) atoms. The van der Waals surface area contributed by atoms with Gasteiger partial charge in [0.25, 0.3) is 5.91 Å². The Morgan fingerprint density at radius 3 is 2.34 bits per heavy atom. The number of benzene rings is 2. The van der Waals surface area contributed by atoms with E-state index in [1.807, 2.05) is 0 Å². The molecule has 2 aromatic carbocycles. The minimum absolute atomic E-state index is 0.262. The molecule has 0 heterocycles. The number of methoxy groups -OCH3 is 1. The van der Waals surface area contributed by atoms with Crippen LogP contribution in [0.3, 0.4) is 0 Å². The SMILES string of the molecule is COc1ccc(NC(C)=O)cc1NC(=O)COC(=O)COc1ccc(C=O)cc1. The average Bonchev–Trinajstić information content (AvgIpc) is 2.71. The number of nitrogens with one attached hydrogen (secondary N) is 2. The fraction of sp³-hybridized carbons (Fsp3) is 0.200. The van der Waals surface area contributed by atoms with Gasteiger partial charge in [-0.1, -0.05) is 0 Å². The highest BCUT2D eigenvalue weighted by Crippen LogP contribution is 2.27. The van der Waals surface area contributed by atoms with Crippen LogP contribution in [0.15, 0.2) is 42.5 Å². The van der Waals surface area contributed by atoms with Crippen molar-refractivity contribution < 1.29 is 33.4 Å². The molecular weight excluding hydrogens is 380 g/mol. The molecule has 0 spiro atoms. The molecular formula is C20H20N2O7. The molecule has 0 atom stereocenters. The maximum Gasteiger partial charge on any atom is 0.344 e. The van der Waals surface area contributed by atoms with Crippen molar-refractivity contribution in [1.29, 1.82) is 0 Å². The normalized spacial score (nSPS) is 9.86. The Labute approximate surface area is 166 Å². The maximum absolute atomic E-state index is 12.1. The second-order valence-corrected chi connectivity index (χ2v) is 5.78. The van der Waals surface area contributed by atoms with Gasteiger partial charge in [0.05, 0.1) is 12.8 Å². The van der Waals surface area contributed by atoms with Crippen LogP contribution in [-0.2, 0) is 19.1 Å². The van der Waals surface area contributed by atoms with Crippen molar-refractivity contribution in [3.8, 4) is 11.5 Å². The van der Waals surface area contributed by atoms with Gasteiger partial charge in [-0.25, -0.2) is 4.79 Å². The number of hydrogen-bond acceptors (Lipinski definition) is 7. The Bertz CT molecular complexity index is 894. The summed E-state index contributed by atoms with van der Waals surface area (Å²) in [6, 6.07) is 10.9. The van der Waals surface area contributed by atoms with E-state index in [1.54, 1.807) is 24.3 Å². The quantitative estimate of drug-likeness (QED) is 0.488. The van der Waals surface area contributed by atoms with Crippen LogP contribution in [0.1, 0.15) is 17.3 Å². The van der Waals surface area contributed by atoms with E-state index in [2.05, 4.69) is 10.6 Å². The van der Waals surface area contributed by atoms with Crippen LogP contribution in [-0.4, -0.2) is 44.4 Å². The molecule has 2 N–H and O–H groups in total. The number of amides is 2. The summed E-state index contributed by atoms with van der Waals surface area (Å²) in [5.41, 5.74) is 1.26. The van der Waals surface area contributed by atoms with Gasteiger partial charge in [-0.15, -0.1) is 0 Å². The molecule has 0 bridgehead atoms. The second-order valence-electron chi connectivity index (χ2n) is 5.78. The summed E-state index contributed by atoms with van der Waals surface area (Å²) in [5, 5.41) is 5.14. The molecule has 0 aliphatic heterocycles. The summed E-state index contributed by atoms with van der Waals surface area (Å²) in [4.78, 5) is 45.5. The molecule has 0 saturated heterocycles. The van der Waals surface area contributed by atoms with Crippen molar-refractivity contribution >= 4 is 35.4 Å². The standard InChI is InChI=1S/C20H20N2O7/c1-13(24)21-15-5-8-18(27-2)17(9-15)22-19(25)11-29-20(26)12-28-16-6-3-14(10-23)4-7-16/h3-10H,11-12H2,1-2H3,(H,21,24)(H,22,25). The van der Waals surface area contributed by atoms with Crippen LogP contribution < -0.4 is 20.1 Å². The lowest BCUT2D eigenvalue weighted by atomic mass is 10.2. The number of carbonyl (C=O) groups is 4. The average molecular weight is 400 g/mol. The first-order chi connectivity index (χ1) is 13.9. The van der Waals surface area contributed by atoms with Gasteiger partial charge >= 0.3 is 5.97 Å². The zero-order valence-electron chi connectivity index (χ0n) is 15.9. The zero-order valence-corrected chi connectivity index (χ0v) is 15.9. The Kier molecular flexibility index (Phi) is 7.72. The van der Waals surface area contributed by atoms with Crippen LogP contribution >= 0.6 is 0 Å². The third-order valence-electron chi connectivity index (χ3n) is 3.53. The molecule has 2 amide bonds. The van der Waals surface area contributed by atoms with Gasteiger partial charge in [-0.05, 0) is 42.5 Å². The Hall–Kier alpha value is -3.88. The van der Waals surface area contributed by atoms with Gasteiger partial charge in [-0.3, -0.25) is 14.4 Å². The molecule has 0 aliphatic carbocycles. The van der Waals surface area contributed by atoms with Crippen molar-refractivity contribution in [2.75, 3.05) is 31.0 Å². The van der Waals surface area contributed by atoms with Gasteiger partial charge in [0, 0.05) is 18.2 Å². The number of aldehydes is 1. The lowest BCUT2D eigenvalue weighted by Gasteiger charge is -2.12. The van der Waals surface area contributed by atoms with Crippen LogP contribution in [0.5, 0.6) is 11.5 Å². The first-order valence-electron chi connectivity index (χ1n) is 8.50. The Balaban J connectivity index is 1.84. The molecule has 9 nitrogen and oxygen atoms in total. The number of rotatable bonds is 9. The molecule has 0 unspecified atom stereocenters. The highest BCUT2D eigenvalue weighted by Gasteiger charge is 2.12. The molecule has 152 valence electrons. The predicted octanol–water partition coefficient (Wildman–Crippen LogP) is 2.03. The minimum Gasteiger partial charge on any atom is -0.495 e.